The van der Waals surface area contributed by atoms with Gasteiger partial charge in [-0.15, -0.1) is 0 Å². The van der Waals surface area contributed by atoms with Crippen LogP contribution in [-0.2, 0) is 24.9 Å². The Hall–Kier alpha value is -3.95. The van der Waals surface area contributed by atoms with Crippen molar-refractivity contribution in [3.8, 4) is 35.3 Å². The van der Waals surface area contributed by atoms with Crippen molar-refractivity contribution in [2.24, 2.45) is 0 Å². The molecule has 0 aliphatic heterocycles. The minimum atomic E-state index is -4.73. The van der Waals surface area contributed by atoms with Crippen LogP contribution in [0, 0.1) is 34.0 Å². The maximum atomic E-state index is 12.8. The molecule has 0 saturated heterocycles. The number of thioether (sulfide) groups is 3. The standard InChI is InChI=1S/C14H7Cl2F6N3S.C14H5Cl2F6N3S.C12H2BrCl2F6N3S.3C4H9.C2H3.Sn/c2*1-2-10-12(26-14(20,21)22)9(5-23)24-25(10)11-7(15)3-6(4-8(11)16)13(17,18)19;13-10-9(25-12(19,20)21)7(3-22)23-24(10)8-5(14)1-4(2-6(8)15)11(16,17)18;3*1-3-4-2;1-2;/h3-4H,2H2,1H3;2-4H,1H2;1-2H;3*1,3-4H2,2H3;1H,2H2;. The molecule has 0 amide bonds. The molecule has 502 valence electrons. The van der Waals surface area contributed by atoms with Gasteiger partial charge in [0.05, 0.1) is 72.9 Å². The molecular weight excluding hydrogens is 1620 g/mol. The Balaban J connectivity index is 0.000000326. The number of benzene rings is 3. The van der Waals surface area contributed by atoms with Gasteiger partial charge in [-0.25, -0.2) is 14.0 Å². The van der Waals surface area contributed by atoms with Gasteiger partial charge in [0, 0.05) is 0 Å². The fourth-order valence-electron chi connectivity index (χ4n) is 8.16. The summed E-state index contributed by atoms with van der Waals surface area (Å²) in [5.74, 6) is 0. The van der Waals surface area contributed by atoms with Crippen LogP contribution in [0.25, 0.3) is 23.1 Å². The van der Waals surface area contributed by atoms with Gasteiger partial charge in [-0.3, -0.25) is 0 Å². The number of halogens is 25. The molecule has 92 heavy (non-hydrogen) atoms. The predicted molar refractivity (Wildman–Crippen MR) is 328 cm³/mol. The van der Waals surface area contributed by atoms with Gasteiger partial charge in [0.25, 0.3) is 0 Å². The Morgan fingerprint density at radius 1 is 0.478 bits per heavy atom. The zero-order valence-electron chi connectivity index (χ0n) is 47.3. The molecule has 0 unspecified atom stereocenters. The first-order valence-corrected chi connectivity index (χ1v) is 39.0. The maximum Gasteiger partial charge on any atom is 0.446 e. The van der Waals surface area contributed by atoms with Crippen LogP contribution < -0.4 is 0 Å². The van der Waals surface area contributed by atoms with Crippen molar-refractivity contribution in [3.63, 3.8) is 0 Å². The second-order valence-corrected chi connectivity index (χ2v) is 38.3. The van der Waals surface area contributed by atoms with E-state index in [0.29, 0.717) is 36.4 Å². The summed E-state index contributed by atoms with van der Waals surface area (Å²) >= 11 is 34.3. The normalized spacial score (nSPS) is 12.2. The number of alkyl halides is 18. The van der Waals surface area contributed by atoms with Gasteiger partial charge in [0.1, 0.15) is 39.9 Å². The SMILES string of the molecule is C=Cc1c(SC(F)(F)F)c(C#N)nn1-c1c(Cl)cc(C(F)(F)F)cc1Cl.C=[CH][Sn]([CH2]CCC)([CH2]CCC)[CH2]CCC.CCc1c(SC(F)(F)F)c(C#N)nn1-c1c(Cl)cc(C(F)(F)F)cc1Cl.N#Cc1nn(-c2c(Cl)cc(C(F)(F)F)cc2Cl)c(Br)c1SC(F)(F)F. The summed E-state index contributed by atoms with van der Waals surface area (Å²) in [6.45, 7) is 16.0. The molecule has 0 spiro atoms. The van der Waals surface area contributed by atoms with Crippen molar-refractivity contribution < 1.29 is 79.0 Å². The molecule has 3 aromatic carbocycles. The Bertz CT molecular complexity index is 3620. The van der Waals surface area contributed by atoms with Crippen LogP contribution >= 0.6 is 121 Å². The zero-order chi connectivity index (χ0) is 70.4. The largest absolute Gasteiger partial charge is 0.446 e. The smallest absolute Gasteiger partial charge is 0.232 e. The van der Waals surface area contributed by atoms with Crippen LogP contribution in [-0.4, -0.2) is 64.2 Å². The van der Waals surface area contributed by atoms with Crippen molar-refractivity contribution >= 4 is 145 Å². The molecule has 6 rings (SSSR count). The van der Waals surface area contributed by atoms with Crippen molar-refractivity contribution in [2.75, 3.05) is 0 Å². The second kappa shape index (κ2) is 34.3. The molecule has 0 saturated carbocycles. The van der Waals surface area contributed by atoms with E-state index in [2.05, 4.69) is 69.2 Å². The quantitative estimate of drug-likeness (QED) is 0.0470. The van der Waals surface area contributed by atoms with E-state index in [9.17, 15) is 79.0 Å². The van der Waals surface area contributed by atoms with E-state index < -0.39 is 167 Å². The van der Waals surface area contributed by atoms with E-state index in [0.717, 1.165) is 20.1 Å². The molecule has 0 radical (unpaired) electrons. The number of nitriles is 3. The van der Waals surface area contributed by atoms with Crippen LogP contribution in [0.3, 0.4) is 0 Å². The number of nitrogens with zero attached hydrogens (tertiary/aromatic N) is 9. The van der Waals surface area contributed by atoms with Crippen LogP contribution in [0.2, 0.25) is 43.4 Å². The molecule has 6 aromatic rings. The van der Waals surface area contributed by atoms with Crippen LogP contribution in [0.15, 0.2) is 72.9 Å². The van der Waals surface area contributed by atoms with E-state index in [1.54, 1.807) is 13.3 Å². The van der Waals surface area contributed by atoms with Crippen molar-refractivity contribution in [2.45, 2.75) is 136 Å². The molecule has 0 fully saturated rings. The number of unbranched alkanes of at least 4 members (excludes halogenated alkanes) is 3. The van der Waals surface area contributed by atoms with Gasteiger partial charge in [-0.05, 0) is 100 Å². The van der Waals surface area contributed by atoms with Gasteiger partial charge < -0.3 is 0 Å². The molecule has 38 heteroatoms. The summed E-state index contributed by atoms with van der Waals surface area (Å²) in [5, 5.41) is 35.2. The molecular formula is C54H44BrCl6F18N9S3Sn. The molecule has 0 atom stereocenters. The summed E-state index contributed by atoms with van der Waals surface area (Å²) in [6.07, 6.45) is -4.74. The van der Waals surface area contributed by atoms with Crippen LogP contribution in [0.1, 0.15) is 111 Å². The fraction of sp³-hybridized carbons (Fsp3) is 0.370. The van der Waals surface area contributed by atoms with Crippen LogP contribution in [0.5, 0.6) is 0 Å². The van der Waals surface area contributed by atoms with Gasteiger partial charge in [0.15, 0.2) is 17.1 Å². The summed E-state index contributed by atoms with van der Waals surface area (Å²) < 4.78 is 239. The summed E-state index contributed by atoms with van der Waals surface area (Å²) in [4.78, 5) is -1.58. The molecule has 0 bridgehead atoms. The third kappa shape index (κ3) is 22.8. The fourth-order valence-corrected chi connectivity index (χ4v) is 25.8. The number of hydrogen-bond acceptors (Lipinski definition) is 9. The first kappa shape index (κ1) is 82.3. The Kier molecular flexibility index (Phi) is 30.7. The van der Waals surface area contributed by atoms with Gasteiger partial charge in [0.2, 0.25) is 0 Å². The predicted octanol–water partition coefficient (Wildman–Crippen LogP) is 24.6. The molecule has 0 aliphatic carbocycles. The van der Waals surface area contributed by atoms with Crippen LogP contribution in [0.4, 0.5) is 79.0 Å². The molecule has 3 aromatic heterocycles. The Morgan fingerprint density at radius 2 is 0.761 bits per heavy atom. The van der Waals surface area contributed by atoms with Gasteiger partial charge >= 0.3 is 137 Å². The van der Waals surface area contributed by atoms with Gasteiger partial charge in [-0.1, -0.05) is 83.1 Å². The van der Waals surface area contributed by atoms with E-state index in [-0.39, 0.29) is 39.5 Å². The summed E-state index contributed by atoms with van der Waals surface area (Å²) in [6, 6.07) is 7.91. The molecule has 0 aliphatic rings. The van der Waals surface area contributed by atoms with Crippen molar-refractivity contribution in [3.05, 3.63) is 134 Å². The third-order valence-electron chi connectivity index (χ3n) is 12.3. The first-order valence-electron chi connectivity index (χ1n) is 25.8. The summed E-state index contributed by atoms with van der Waals surface area (Å²) in [5.41, 5.74) is -20.4. The molecule has 9 nitrogen and oxygen atoms in total. The molecule has 0 N–H and O–H groups in total. The Morgan fingerprint density at radius 3 is 1.05 bits per heavy atom. The number of rotatable bonds is 18. The van der Waals surface area contributed by atoms with E-state index >= 15 is 0 Å². The Labute approximate surface area is 569 Å². The minimum Gasteiger partial charge on any atom is -0.232 e. The van der Waals surface area contributed by atoms with E-state index in [4.69, 9.17) is 85.4 Å². The maximum absolute atomic E-state index is 12.8. The minimum absolute atomic E-state index is 0.000767. The number of hydrogen-bond donors (Lipinski definition) is 0. The van der Waals surface area contributed by atoms with Crippen molar-refractivity contribution in [1.29, 1.82) is 15.8 Å². The first-order chi connectivity index (χ1) is 42.4. The topological polar surface area (TPSA) is 125 Å². The van der Waals surface area contributed by atoms with Gasteiger partial charge in [-0.2, -0.15) is 110 Å². The number of aromatic nitrogens is 6. The van der Waals surface area contributed by atoms with E-state index in [1.165, 1.54) is 63.7 Å². The average molecular weight is 1670 g/mol. The van der Waals surface area contributed by atoms with E-state index in [1.807, 2.05) is 0 Å². The monoisotopic (exact) mass is 1660 g/mol. The third-order valence-corrected chi connectivity index (χ3v) is 31.6. The molecule has 3 heterocycles. The summed E-state index contributed by atoms with van der Waals surface area (Å²) in [7, 11) is 0. The zero-order valence-corrected chi connectivity index (χ0v) is 58.7. The average Bonchev–Trinajstić information content (AvgIpc) is 1.57. The second-order valence-electron chi connectivity index (χ2n) is 18.7. The van der Waals surface area contributed by atoms with Crippen molar-refractivity contribution in [1.82, 2.24) is 29.3 Å².